The van der Waals surface area contributed by atoms with Crippen molar-refractivity contribution in [1.82, 2.24) is 0 Å². The number of hydrogen-bond donors (Lipinski definition) is 0. The number of aryl methyl sites for hydroxylation is 1. The minimum Gasteiger partial charge on any atom is -0.268 e. The second-order valence-electron chi connectivity index (χ2n) is 6.32. The molecule has 0 saturated heterocycles. The normalized spacial score (nSPS) is 13.5. The second-order valence-corrected chi connectivity index (χ2v) is 6.76. The first-order chi connectivity index (χ1) is 13.0. The van der Waals surface area contributed by atoms with E-state index in [9.17, 15) is 9.59 Å². The molecule has 3 aromatic carbocycles. The van der Waals surface area contributed by atoms with Gasteiger partial charge in [0.25, 0.3) is 11.8 Å². The molecule has 0 radical (unpaired) electrons. The molecule has 0 unspecified atom stereocenters. The Labute approximate surface area is 161 Å². The summed E-state index contributed by atoms with van der Waals surface area (Å²) in [5.74, 6) is -0.644. The third-order valence-electron chi connectivity index (χ3n) is 4.40. The van der Waals surface area contributed by atoms with Crippen LogP contribution in [0.3, 0.4) is 0 Å². The summed E-state index contributed by atoms with van der Waals surface area (Å²) in [7, 11) is 0. The molecule has 0 N–H and O–H groups in total. The lowest BCUT2D eigenvalue weighted by atomic mass is 10.1. The van der Waals surface area contributed by atoms with Crippen LogP contribution in [0.5, 0.6) is 0 Å². The van der Waals surface area contributed by atoms with Gasteiger partial charge in [-0.1, -0.05) is 41.4 Å². The molecule has 27 heavy (non-hydrogen) atoms. The monoisotopic (exact) mass is 374 g/mol. The highest BCUT2D eigenvalue weighted by Crippen LogP contribution is 2.31. The largest absolute Gasteiger partial charge is 0.268 e. The second kappa shape index (κ2) is 6.82. The molecule has 1 aliphatic rings. The predicted molar refractivity (Wildman–Crippen MR) is 107 cm³/mol. The summed E-state index contributed by atoms with van der Waals surface area (Å²) in [6, 6.07) is 19.6. The first kappa shape index (κ1) is 17.2. The van der Waals surface area contributed by atoms with Gasteiger partial charge < -0.3 is 0 Å². The Kier molecular flexibility index (Phi) is 4.34. The lowest BCUT2D eigenvalue weighted by molar-refractivity contribution is 0.0926. The lowest BCUT2D eigenvalue weighted by Gasteiger charge is -2.13. The highest BCUT2D eigenvalue weighted by molar-refractivity contribution is 6.34. The molecular weight excluding hydrogens is 360 g/mol. The highest BCUT2D eigenvalue weighted by atomic mass is 35.5. The third-order valence-corrected chi connectivity index (χ3v) is 4.65. The molecule has 3 aromatic rings. The molecule has 4 nitrogen and oxygen atoms in total. The molecule has 1 heterocycles. The average molecular weight is 375 g/mol. The molecule has 0 saturated carbocycles. The van der Waals surface area contributed by atoms with Crippen molar-refractivity contribution in [2.24, 2.45) is 4.99 Å². The highest BCUT2D eigenvalue weighted by Gasteiger charge is 2.36. The molecule has 2 amide bonds. The Morgan fingerprint density at radius 1 is 0.852 bits per heavy atom. The molecule has 0 atom stereocenters. The van der Waals surface area contributed by atoms with Crippen LogP contribution in [-0.4, -0.2) is 18.0 Å². The van der Waals surface area contributed by atoms with E-state index in [4.69, 9.17) is 11.6 Å². The Hall–Kier alpha value is -3.24. The average Bonchev–Trinajstić information content (AvgIpc) is 2.92. The van der Waals surface area contributed by atoms with E-state index < -0.39 is 0 Å². The van der Waals surface area contributed by atoms with Gasteiger partial charge >= 0.3 is 0 Å². The zero-order chi connectivity index (χ0) is 19.0. The van der Waals surface area contributed by atoms with Crippen LogP contribution in [0.2, 0.25) is 5.02 Å². The third kappa shape index (κ3) is 3.27. The lowest BCUT2D eigenvalue weighted by Crippen LogP contribution is -2.29. The van der Waals surface area contributed by atoms with Crippen LogP contribution in [0.4, 0.5) is 11.4 Å². The van der Waals surface area contributed by atoms with E-state index in [1.165, 1.54) is 4.90 Å². The first-order valence-electron chi connectivity index (χ1n) is 8.42. The van der Waals surface area contributed by atoms with E-state index in [1.807, 2.05) is 31.2 Å². The maximum absolute atomic E-state index is 12.8. The topological polar surface area (TPSA) is 49.7 Å². The van der Waals surface area contributed by atoms with Crippen molar-refractivity contribution in [3.05, 3.63) is 94.0 Å². The van der Waals surface area contributed by atoms with Crippen LogP contribution in [0.25, 0.3) is 0 Å². The molecule has 1 aliphatic heterocycles. The van der Waals surface area contributed by atoms with Gasteiger partial charge in [-0.25, -0.2) is 4.90 Å². The molecule has 5 heteroatoms. The van der Waals surface area contributed by atoms with E-state index in [-0.39, 0.29) is 11.8 Å². The summed E-state index contributed by atoms with van der Waals surface area (Å²) >= 11 is 5.88. The van der Waals surface area contributed by atoms with Gasteiger partial charge in [0.05, 0.1) is 22.5 Å². The Balaban J connectivity index is 1.64. The van der Waals surface area contributed by atoms with Gasteiger partial charge in [-0.2, -0.15) is 0 Å². The number of imide groups is 1. The van der Waals surface area contributed by atoms with E-state index in [1.54, 1.807) is 48.7 Å². The zero-order valence-corrected chi connectivity index (χ0v) is 15.3. The van der Waals surface area contributed by atoms with Crippen LogP contribution in [0.15, 0.2) is 71.7 Å². The molecular formula is C22H15ClN2O2. The van der Waals surface area contributed by atoms with Crippen molar-refractivity contribution in [2.45, 2.75) is 6.92 Å². The number of aliphatic imine (C=N–C) groups is 1. The van der Waals surface area contributed by atoms with Gasteiger partial charge in [0.2, 0.25) is 0 Å². The number of rotatable bonds is 3. The molecule has 0 fully saturated rings. The molecule has 0 aliphatic carbocycles. The number of hydrogen-bond acceptors (Lipinski definition) is 3. The van der Waals surface area contributed by atoms with Crippen molar-refractivity contribution in [1.29, 1.82) is 0 Å². The molecule has 132 valence electrons. The molecule has 0 aromatic heterocycles. The number of carbonyl (C=O) groups is 2. The van der Waals surface area contributed by atoms with E-state index in [2.05, 4.69) is 4.99 Å². The van der Waals surface area contributed by atoms with Gasteiger partial charge in [0.1, 0.15) is 0 Å². The number of benzene rings is 3. The van der Waals surface area contributed by atoms with E-state index >= 15 is 0 Å². The molecule has 4 rings (SSSR count). The molecule has 0 bridgehead atoms. The standard InChI is InChI=1S/C22H15ClN2O2/c1-14-2-9-18(10-3-14)25-21(26)19-11-8-17(12-20(19)22(25)27)24-13-15-4-6-16(23)7-5-15/h2-13H,1H3. The fourth-order valence-corrected chi connectivity index (χ4v) is 3.06. The van der Waals surface area contributed by atoms with Gasteiger partial charge in [-0.05, 0) is 55.0 Å². The number of fused-ring (bicyclic) bond motifs is 1. The van der Waals surface area contributed by atoms with Crippen LogP contribution in [0.1, 0.15) is 31.8 Å². The summed E-state index contributed by atoms with van der Waals surface area (Å²) in [6.07, 6.45) is 1.69. The number of anilines is 1. The predicted octanol–water partition coefficient (Wildman–Crippen LogP) is 5.20. The Bertz CT molecular complexity index is 1070. The van der Waals surface area contributed by atoms with Crippen molar-refractivity contribution < 1.29 is 9.59 Å². The van der Waals surface area contributed by atoms with Gasteiger partial charge in [0, 0.05) is 11.2 Å². The van der Waals surface area contributed by atoms with Crippen molar-refractivity contribution >= 4 is 41.0 Å². The van der Waals surface area contributed by atoms with E-state index in [0.29, 0.717) is 27.5 Å². The fraction of sp³-hybridized carbons (Fsp3) is 0.0455. The quantitative estimate of drug-likeness (QED) is 0.467. The minimum absolute atomic E-state index is 0.313. The van der Waals surface area contributed by atoms with Crippen LogP contribution < -0.4 is 4.90 Å². The van der Waals surface area contributed by atoms with Gasteiger partial charge in [-0.3, -0.25) is 14.6 Å². The van der Waals surface area contributed by atoms with Crippen LogP contribution in [0, 0.1) is 6.92 Å². The van der Waals surface area contributed by atoms with Gasteiger partial charge in [-0.15, -0.1) is 0 Å². The number of halogens is 1. The smallest absolute Gasteiger partial charge is 0.266 e. The number of carbonyl (C=O) groups excluding carboxylic acids is 2. The van der Waals surface area contributed by atoms with Crippen molar-refractivity contribution in [2.75, 3.05) is 4.90 Å². The first-order valence-corrected chi connectivity index (χ1v) is 8.80. The summed E-state index contributed by atoms with van der Waals surface area (Å²) in [5.41, 5.74) is 3.89. The Morgan fingerprint density at radius 2 is 1.52 bits per heavy atom. The van der Waals surface area contributed by atoms with Crippen LogP contribution in [-0.2, 0) is 0 Å². The van der Waals surface area contributed by atoms with Gasteiger partial charge in [0.15, 0.2) is 0 Å². The Morgan fingerprint density at radius 3 is 2.22 bits per heavy atom. The van der Waals surface area contributed by atoms with E-state index in [0.717, 1.165) is 11.1 Å². The maximum atomic E-state index is 12.8. The fourth-order valence-electron chi connectivity index (χ4n) is 2.94. The number of nitrogens with zero attached hydrogens (tertiary/aromatic N) is 2. The van der Waals surface area contributed by atoms with Crippen molar-refractivity contribution in [3.8, 4) is 0 Å². The van der Waals surface area contributed by atoms with Crippen molar-refractivity contribution in [3.63, 3.8) is 0 Å². The summed E-state index contributed by atoms with van der Waals surface area (Å²) in [5, 5.41) is 0.657. The van der Waals surface area contributed by atoms with Crippen LogP contribution >= 0.6 is 11.6 Å². The number of amides is 2. The minimum atomic E-state index is -0.331. The summed E-state index contributed by atoms with van der Waals surface area (Å²) in [6.45, 7) is 1.96. The zero-order valence-electron chi connectivity index (χ0n) is 14.5. The maximum Gasteiger partial charge on any atom is 0.266 e. The summed E-state index contributed by atoms with van der Waals surface area (Å²) in [4.78, 5) is 31.1. The SMILES string of the molecule is Cc1ccc(N2C(=O)c3ccc(N=Cc4ccc(Cl)cc4)cc3C2=O)cc1. The summed E-state index contributed by atoms with van der Waals surface area (Å²) < 4.78 is 0. The molecule has 0 spiro atoms.